The SMILES string of the molecule is CN(C)S(=O)(=O)NCCCCC(NC(=O)OCC1(Cc2ccc(F)cc2)CCC1)C(=O)C(=O)NCc1cccnc1. The molecule has 3 rings (SSSR count). The molecular weight excluding hydrogens is 553 g/mol. The van der Waals surface area contributed by atoms with Crippen molar-refractivity contribution < 1.29 is 31.9 Å². The van der Waals surface area contributed by atoms with Crippen LogP contribution in [0.2, 0.25) is 0 Å². The van der Waals surface area contributed by atoms with Crippen molar-refractivity contribution in [1.29, 1.82) is 0 Å². The zero-order valence-corrected chi connectivity index (χ0v) is 24.2. The average Bonchev–Trinajstić information content (AvgIpc) is 2.93. The number of benzene rings is 1. The second kappa shape index (κ2) is 15.0. The van der Waals surface area contributed by atoms with E-state index in [4.69, 9.17) is 4.74 Å². The van der Waals surface area contributed by atoms with E-state index < -0.39 is 34.0 Å². The van der Waals surface area contributed by atoms with E-state index in [0.29, 0.717) is 24.8 Å². The summed E-state index contributed by atoms with van der Waals surface area (Å²) < 4.78 is 46.1. The van der Waals surface area contributed by atoms with E-state index in [0.717, 1.165) is 29.1 Å². The molecule has 1 heterocycles. The first-order valence-electron chi connectivity index (χ1n) is 13.6. The van der Waals surface area contributed by atoms with Crippen LogP contribution in [0.5, 0.6) is 0 Å². The van der Waals surface area contributed by atoms with E-state index in [1.54, 1.807) is 36.7 Å². The molecule has 3 N–H and O–H groups in total. The standard InChI is InChI=1S/C28H38FN5O6S/c1-34(2)41(38,39)32-16-4-3-8-24(25(35)26(36)31-19-22-7-5-15-30-18-22)33-27(37)40-20-28(13-6-14-28)17-21-9-11-23(29)12-10-21/h5,7,9-12,15,18,24,32H,3-4,6,8,13-14,16-17,19-20H2,1-2H3,(H,31,36)(H,33,37). The molecule has 13 heteroatoms. The summed E-state index contributed by atoms with van der Waals surface area (Å²) >= 11 is 0. The van der Waals surface area contributed by atoms with Gasteiger partial charge in [-0.25, -0.2) is 13.9 Å². The van der Waals surface area contributed by atoms with Crippen LogP contribution in [-0.4, -0.2) is 68.8 Å². The quantitative estimate of drug-likeness (QED) is 0.201. The largest absolute Gasteiger partial charge is 0.449 e. The lowest BCUT2D eigenvalue weighted by Crippen LogP contribution is -2.48. The molecule has 1 saturated carbocycles. The van der Waals surface area contributed by atoms with Crippen LogP contribution in [0, 0.1) is 11.2 Å². The van der Waals surface area contributed by atoms with Gasteiger partial charge >= 0.3 is 6.09 Å². The number of nitrogens with one attached hydrogen (secondary N) is 3. The van der Waals surface area contributed by atoms with Crippen LogP contribution in [0.1, 0.15) is 49.7 Å². The molecule has 1 aromatic carbocycles. The van der Waals surface area contributed by atoms with E-state index in [2.05, 4.69) is 20.3 Å². The van der Waals surface area contributed by atoms with Gasteiger partial charge in [-0.15, -0.1) is 0 Å². The number of unbranched alkanes of at least 4 members (excludes halogenated alkanes) is 1. The van der Waals surface area contributed by atoms with Crippen molar-refractivity contribution >= 4 is 28.0 Å². The van der Waals surface area contributed by atoms with Crippen molar-refractivity contribution in [2.24, 2.45) is 5.41 Å². The summed E-state index contributed by atoms with van der Waals surface area (Å²) in [6.45, 7) is 0.343. The lowest BCUT2D eigenvalue weighted by Gasteiger charge is -2.41. The second-order valence-corrected chi connectivity index (χ2v) is 12.5. The Balaban J connectivity index is 1.56. The van der Waals surface area contributed by atoms with Gasteiger partial charge < -0.3 is 15.4 Å². The predicted molar refractivity (Wildman–Crippen MR) is 150 cm³/mol. The molecule has 0 spiro atoms. The van der Waals surface area contributed by atoms with Gasteiger partial charge in [0.25, 0.3) is 16.1 Å². The van der Waals surface area contributed by atoms with E-state index >= 15 is 0 Å². The normalized spacial score (nSPS) is 15.0. The summed E-state index contributed by atoms with van der Waals surface area (Å²) in [4.78, 5) is 42.4. The maximum Gasteiger partial charge on any atom is 0.407 e. The van der Waals surface area contributed by atoms with Crippen LogP contribution in [0.15, 0.2) is 48.8 Å². The van der Waals surface area contributed by atoms with Crippen molar-refractivity contribution in [3.05, 3.63) is 65.7 Å². The van der Waals surface area contributed by atoms with Crippen LogP contribution >= 0.6 is 0 Å². The summed E-state index contributed by atoms with van der Waals surface area (Å²) in [5, 5.41) is 5.08. The third-order valence-electron chi connectivity index (χ3n) is 7.11. The number of hydrogen-bond acceptors (Lipinski definition) is 7. The van der Waals surface area contributed by atoms with Crippen LogP contribution in [0.4, 0.5) is 9.18 Å². The Bertz CT molecular complexity index is 1270. The fraction of sp³-hybridized carbons (Fsp3) is 0.500. The van der Waals surface area contributed by atoms with Gasteiger partial charge in [-0.1, -0.05) is 24.6 Å². The van der Waals surface area contributed by atoms with E-state index in [9.17, 15) is 27.2 Å². The fourth-order valence-electron chi connectivity index (χ4n) is 4.49. The number of halogens is 1. The minimum Gasteiger partial charge on any atom is -0.449 e. The highest BCUT2D eigenvalue weighted by Crippen LogP contribution is 2.44. The molecule has 1 aliphatic rings. The van der Waals surface area contributed by atoms with Gasteiger partial charge in [-0.05, 0) is 67.9 Å². The highest BCUT2D eigenvalue weighted by Gasteiger charge is 2.39. The fourth-order valence-corrected chi connectivity index (χ4v) is 5.15. The number of hydrogen-bond donors (Lipinski definition) is 3. The number of alkyl carbamates (subject to hydrolysis) is 1. The Kier molecular flexibility index (Phi) is 11.7. The first-order valence-corrected chi connectivity index (χ1v) is 15.0. The molecule has 0 radical (unpaired) electrons. The smallest absolute Gasteiger partial charge is 0.407 e. The third kappa shape index (κ3) is 10.2. The summed E-state index contributed by atoms with van der Waals surface area (Å²) in [6.07, 6.45) is 6.50. The van der Waals surface area contributed by atoms with Crippen molar-refractivity contribution in [2.75, 3.05) is 27.2 Å². The van der Waals surface area contributed by atoms with Gasteiger partial charge in [0.1, 0.15) is 11.9 Å². The van der Waals surface area contributed by atoms with Crippen LogP contribution in [0.25, 0.3) is 0 Å². The van der Waals surface area contributed by atoms with E-state index in [1.807, 2.05) is 0 Å². The third-order valence-corrected chi connectivity index (χ3v) is 8.64. The number of aromatic nitrogens is 1. The topological polar surface area (TPSA) is 147 Å². The lowest BCUT2D eigenvalue weighted by atomic mass is 9.66. The number of ether oxygens (including phenoxy) is 1. The Hall–Kier alpha value is -3.42. The molecule has 1 unspecified atom stereocenters. The van der Waals surface area contributed by atoms with E-state index in [-0.39, 0.29) is 37.3 Å². The molecule has 1 aromatic heterocycles. The lowest BCUT2D eigenvalue weighted by molar-refractivity contribution is -0.139. The molecule has 2 aromatic rings. The number of amides is 2. The van der Waals surface area contributed by atoms with Crippen LogP contribution in [-0.2, 0) is 37.5 Å². The minimum absolute atomic E-state index is 0.0911. The molecule has 1 fully saturated rings. The highest BCUT2D eigenvalue weighted by atomic mass is 32.2. The van der Waals surface area contributed by atoms with Gasteiger partial charge in [0.05, 0.1) is 6.61 Å². The van der Waals surface area contributed by atoms with Gasteiger partial charge in [0.15, 0.2) is 0 Å². The zero-order chi connectivity index (χ0) is 29.9. The minimum atomic E-state index is -3.59. The number of nitrogens with zero attached hydrogens (tertiary/aromatic N) is 2. The maximum atomic E-state index is 13.3. The van der Waals surface area contributed by atoms with Gasteiger partial charge in [-0.2, -0.15) is 12.7 Å². The number of ketones is 1. The van der Waals surface area contributed by atoms with Crippen LogP contribution < -0.4 is 15.4 Å². The molecule has 0 aliphatic heterocycles. The van der Waals surface area contributed by atoms with Crippen molar-refractivity contribution in [3.63, 3.8) is 0 Å². The van der Waals surface area contributed by atoms with E-state index in [1.165, 1.54) is 26.2 Å². The highest BCUT2D eigenvalue weighted by molar-refractivity contribution is 7.87. The Morgan fingerprint density at radius 3 is 2.44 bits per heavy atom. The molecule has 41 heavy (non-hydrogen) atoms. The molecule has 1 aliphatic carbocycles. The van der Waals surface area contributed by atoms with Crippen molar-refractivity contribution in [1.82, 2.24) is 24.6 Å². The van der Waals surface area contributed by atoms with Crippen LogP contribution in [0.3, 0.4) is 0 Å². The maximum absolute atomic E-state index is 13.3. The number of carbonyl (C=O) groups excluding carboxylic acids is 3. The van der Waals surface area contributed by atoms with Gasteiger partial charge in [0.2, 0.25) is 5.78 Å². The molecule has 1 atom stereocenters. The molecule has 224 valence electrons. The summed E-state index contributed by atoms with van der Waals surface area (Å²) in [5.41, 5.74) is 1.38. The number of pyridine rings is 1. The average molecular weight is 592 g/mol. The molecular formula is C28H38FN5O6S. The van der Waals surface area contributed by atoms with Gasteiger partial charge in [0, 0.05) is 45.0 Å². The Morgan fingerprint density at radius 2 is 1.83 bits per heavy atom. The first kappa shape index (κ1) is 32.1. The monoisotopic (exact) mass is 591 g/mol. The Morgan fingerprint density at radius 1 is 1.10 bits per heavy atom. The molecule has 0 saturated heterocycles. The summed E-state index contributed by atoms with van der Waals surface area (Å²) in [6, 6.07) is 8.53. The summed E-state index contributed by atoms with van der Waals surface area (Å²) in [5.74, 6) is -2.01. The second-order valence-electron chi connectivity index (χ2n) is 10.5. The Labute approximate surface area is 240 Å². The molecule has 2 amide bonds. The zero-order valence-electron chi connectivity index (χ0n) is 23.4. The van der Waals surface area contributed by atoms with Crippen molar-refractivity contribution in [2.45, 2.75) is 57.5 Å². The predicted octanol–water partition coefficient (Wildman–Crippen LogP) is 2.48. The van der Waals surface area contributed by atoms with Crippen molar-refractivity contribution in [3.8, 4) is 0 Å². The number of Topliss-reactive ketones (excluding diaryl/α,β-unsaturated/α-hetero) is 1. The molecule has 0 bridgehead atoms. The number of rotatable bonds is 16. The first-order chi connectivity index (χ1) is 19.5. The summed E-state index contributed by atoms with van der Waals surface area (Å²) in [7, 11) is -0.772. The van der Waals surface area contributed by atoms with Gasteiger partial charge in [-0.3, -0.25) is 14.6 Å². The number of carbonyl (C=O) groups is 3. The molecule has 11 nitrogen and oxygen atoms in total.